The molecule has 0 radical (unpaired) electrons. The molecule has 0 aromatic carbocycles. The van der Waals surface area contributed by atoms with Gasteiger partial charge >= 0.3 is 0 Å². The number of fused-ring (bicyclic) bond motifs is 1. The Labute approximate surface area is 83.5 Å². The van der Waals surface area contributed by atoms with Gasteiger partial charge in [0.15, 0.2) is 0 Å². The quantitative estimate of drug-likeness (QED) is 0.756. The van der Waals surface area contributed by atoms with Gasteiger partial charge in [-0.1, -0.05) is 0 Å². The van der Waals surface area contributed by atoms with Crippen molar-refractivity contribution in [1.29, 1.82) is 0 Å². The van der Waals surface area contributed by atoms with Gasteiger partial charge in [0.25, 0.3) is 0 Å². The average molecular weight is 189 g/mol. The Hall–Kier alpha value is -0.830. The van der Waals surface area contributed by atoms with Crippen molar-refractivity contribution in [3.63, 3.8) is 0 Å². The fourth-order valence-electron chi connectivity index (χ4n) is 3.06. The predicted octanol–water partition coefficient (Wildman–Crippen LogP) is 1.15. The Bertz CT molecular complexity index is 356. The van der Waals surface area contributed by atoms with Crippen molar-refractivity contribution in [2.24, 2.45) is 11.8 Å². The first-order valence-corrected chi connectivity index (χ1v) is 5.67. The molecule has 0 amide bonds. The van der Waals surface area contributed by atoms with Crippen LogP contribution >= 0.6 is 0 Å². The van der Waals surface area contributed by atoms with E-state index in [1.54, 1.807) is 0 Å². The van der Waals surface area contributed by atoms with Crippen LogP contribution in [-0.4, -0.2) is 22.6 Å². The molecule has 0 bridgehead atoms. The van der Waals surface area contributed by atoms with Crippen LogP contribution in [-0.2, 0) is 0 Å². The first-order valence-electron chi connectivity index (χ1n) is 5.67. The number of aromatic nitrogens is 2. The summed E-state index contributed by atoms with van der Waals surface area (Å²) in [6.07, 6.45) is 6.90. The predicted molar refractivity (Wildman–Crippen MR) is 53.1 cm³/mol. The highest BCUT2D eigenvalue weighted by molar-refractivity contribution is 5.19. The fraction of sp³-hybridized carbons (Fsp3) is 0.727. The van der Waals surface area contributed by atoms with Crippen LogP contribution in [0.3, 0.4) is 0 Å². The van der Waals surface area contributed by atoms with Crippen molar-refractivity contribution in [2.45, 2.75) is 24.8 Å². The fourth-order valence-corrected chi connectivity index (χ4v) is 3.06. The van der Waals surface area contributed by atoms with E-state index in [2.05, 4.69) is 27.4 Å². The van der Waals surface area contributed by atoms with Gasteiger partial charge in [-0.15, -0.1) is 0 Å². The minimum absolute atomic E-state index is 0.786. The summed E-state index contributed by atoms with van der Waals surface area (Å²) >= 11 is 0. The zero-order valence-corrected chi connectivity index (χ0v) is 8.19. The lowest BCUT2D eigenvalue weighted by Crippen LogP contribution is -2.17. The second-order valence-corrected chi connectivity index (χ2v) is 4.98. The highest BCUT2D eigenvalue weighted by atomic mass is 15.2. The smallest absolute Gasteiger partial charge is 0.0951 e. The average Bonchev–Trinajstić information content (AvgIpc) is 3.06. The third-order valence-corrected chi connectivity index (χ3v) is 4.06. The van der Waals surface area contributed by atoms with Crippen LogP contribution in [0.4, 0.5) is 0 Å². The maximum atomic E-state index is 4.31. The van der Waals surface area contributed by atoms with Gasteiger partial charge in [0, 0.05) is 36.9 Å². The normalized spacial score (nSPS) is 39.9. The highest BCUT2D eigenvalue weighted by Gasteiger charge is 2.54. The molecule has 2 saturated carbocycles. The summed E-state index contributed by atoms with van der Waals surface area (Å²) in [6.45, 7) is 2.44. The molecule has 2 heterocycles. The molecule has 0 spiro atoms. The van der Waals surface area contributed by atoms with Crippen molar-refractivity contribution in [3.8, 4) is 0 Å². The first kappa shape index (κ1) is 7.46. The third kappa shape index (κ3) is 0.883. The molecular formula is C11H15N3. The lowest BCUT2D eigenvalue weighted by atomic mass is 10.3. The Morgan fingerprint density at radius 2 is 2.07 bits per heavy atom. The van der Waals surface area contributed by atoms with E-state index in [9.17, 15) is 0 Å². The summed E-state index contributed by atoms with van der Waals surface area (Å²) in [5, 5.41) is 3.44. The molecule has 4 rings (SSSR count). The van der Waals surface area contributed by atoms with E-state index >= 15 is 0 Å². The molecule has 2 unspecified atom stereocenters. The SMILES string of the molecule is c1ncn(C2C3CNCC32)c1C1CC1. The number of nitrogens with one attached hydrogen (secondary N) is 1. The van der Waals surface area contributed by atoms with E-state index in [4.69, 9.17) is 0 Å². The molecule has 14 heavy (non-hydrogen) atoms. The second-order valence-electron chi connectivity index (χ2n) is 4.98. The van der Waals surface area contributed by atoms with E-state index in [1.807, 2.05) is 0 Å². The Kier molecular flexibility index (Phi) is 1.28. The Morgan fingerprint density at radius 3 is 2.79 bits per heavy atom. The van der Waals surface area contributed by atoms with E-state index < -0.39 is 0 Å². The van der Waals surface area contributed by atoms with Crippen LogP contribution in [0, 0.1) is 11.8 Å². The van der Waals surface area contributed by atoms with Gasteiger partial charge in [0.2, 0.25) is 0 Å². The van der Waals surface area contributed by atoms with Gasteiger partial charge < -0.3 is 9.88 Å². The molecule has 3 nitrogen and oxygen atoms in total. The highest BCUT2D eigenvalue weighted by Crippen LogP contribution is 2.54. The Morgan fingerprint density at radius 1 is 1.29 bits per heavy atom. The lowest BCUT2D eigenvalue weighted by Gasteiger charge is -2.09. The lowest BCUT2D eigenvalue weighted by molar-refractivity contribution is 0.553. The zero-order valence-electron chi connectivity index (χ0n) is 8.19. The molecule has 1 aromatic heterocycles. The van der Waals surface area contributed by atoms with E-state index in [0.29, 0.717) is 0 Å². The van der Waals surface area contributed by atoms with E-state index in [1.165, 1.54) is 31.6 Å². The maximum Gasteiger partial charge on any atom is 0.0951 e. The number of hydrogen-bond donors (Lipinski definition) is 1. The van der Waals surface area contributed by atoms with Crippen LogP contribution in [0.25, 0.3) is 0 Å². The van der Waals surface area contributed by atoms with Crippen molar-refractivity contribution in [3.05, 3.63) is 18.2 Å². The van der Waals surface area contributed by atoms with Crippen LogP contribution in [0.5, 0.6) is 0 Å². The number of nitrogens with zero attached hydrogens (tertiary/aromatic N) is 2. The van der Waals surface area contributed by atoms with Gasteiger partial charge in [-0.05, 0) is 24.7 Å². The van der Waals surface area contributed by atoms with Gasteiger partial charge in [0.1, 0.15) is 0 Å². The molecule has 3 fully saturated rings. The third-order valence-electron chi connectivity index (χ3n) is 4.06. The van der Waals surface area contributed by atoms with Crippen LogP contribution in [0.1, 0.15) is 30.5 Å². The molecule has 1 saturated heterocycles. The molecule has 2 aliphatic carbocycles. The largest absolute Gasteiger partial charge is 0.331 e. The number of imidazole rings is 1. The molecule has 3 aliphatic rings. The van der Waals surface area contributed by atoms with Crippen LogP contribution < -0.4 is 5.32 Å². The van der Waals surface area contributed by atoms with E-state index in [-0.39, 0.29) is 0 Å². The van der Waals surface area contributed by atoms with E-state index in [0.717, 1.165) is 23.8 Å². The summed E-state index contributed by atoms with van der Waals surface area (Å²) in [6, 6.07) is 0.786. The molecule has 1 aliphatic heterocycles. The van der Waals surface area contributed by atoms with Crippen LogP contribution in [0.15, 0.2) is 12.5 Å². The minimum atomic E-state index is 0.786. The van der Waals surface area contributed by atoms with Crippen molar-refractivity contribution in [2.75, 3.05) is 13.1 Å². The molecule has 74 valence electrons. The standard InChI is InChI=1S/C11H15N3/c1-2-7(1)10-5-13-6-14(10)11-8-3-12-4-9(8)11/h5-9,11-12H,1-4H2. The zero-order chi connectivity index (χ0) is 9.12. The second kappa shape index (κ2) is 2.40. The van der Waals surface area contributed by atoms with Gasteiger partial charge in [-0.25, -0.2) is 4.98 Å². The molecular weight excluding hydrogens is 174 g/mol. The number of rotatable bonds is 2. The summed E-state index contributed by atoms with van der Waals surface area (Å²) in [5.41, 5.74) is 1.50. The molecule has 1 aromatic rings. The summed E-state index contributed by atoms with van der Waals surface area (Å²) in [5.74, 6) is 2.65. The van der Waals surface area contributed by atoms with Gasteiger partial charge in [0.05, 0.1) is 6.33 Å². The summed E-state index contributed by atoms with van der Waals surface area (Å²) in [7, 11) is 0. The van der Waals surface area contributed by atoms with Crippen LogP contribution in [0.2, 0.25) is 0 Å². The van der Waals surface area contributed by atoms with Gasteiger partial charge in [-0.2, -0.15) is 0 Å². The van der Waals surface area contributed by atoms with Gasteiger partial charge in [-0.3, -0.25) is 0 Å². The minimum Gasteiger partial charge on any atom is -0.331 e. The first-order chi connectivity index (χ1) is 6.95. The van der Waals surface area contributed by atoms with Crippen molar-refractivity contribution >= 4 is 0 Å². The monoisotopic (exact) mass is 189 g/mol. The maximum absolute atomic E-state index is 4.31. The number of piperidine rings is 1. The Balaban J connectivity index is 1.66. The van der Waals surface area contributed by atoms with Crippen molar-refractivity contribution in [1.82, 2.24) is 14.9 Å². The number of hydrogen-bond acceptors (Lipinski definition) is 2. The topological polar surface area (TPSA) is 29.9 Å². The molecule has 3 heteroatoms. The summed E-state index contributed by atoms with van der Waals surface area (Å²) < 4.78 is 2.47. The van der Waals surface area contributed by atoms with Crippen molar-refractivity contribution < 1.29 is 0 Å². The molecule has 2 atom stereocenters. The molecule has 1 N–H and O–H groups in total. The summed E-state index contributed by atoms with van der Waals surface area (Å²) in [4.78, 5) is 4.31.